The van der Waals surface area contributed by atoms with E-state index in [0.717, 1.165) is 22.2 Å². The zero-order valence-electron chi connectivity index (χ0n) is 12.1. The lowest BCUT2D eigenvalue weighted by molar-refractivity contribution is 0.577. The highest BCUT2D eigenvalue weighted by molar-refractivity contribution is 5.83. The average Bonchev–Trinajstić information content (AvgIpc) is 2.49. The van der Waals surface area contributed by atoms with Gasteiger partial charge < -0.3 is 5.32 Å². The summed E-state index contributed by atoms with van der Waals surface area (Å²) in [6.07, 6.45) is 0. The van der Waals surface area contributed by atoms with Crippen LogP contribution in [-0.4, -0.2) is 12.0 Å². The Kier molecular flexibility index (Phi) is 3.67. The van der Waals surface area contributed by atoms with Crippen molar-refractivity contribution in [1.29, 1.82) is 0 Å². The van der Waals surface area contributed by atoms with E-state index in [0.29, 0.717) is 5.56 Å². The zero-order valence-corrected chi connectivity index (χ0v) is 12.1. The van der Waals surface area contributed by atoms with Crippen molar-refractivity contribution < 1.29 is 4.39 Å². The summed E-state index contributed by atoms with van der Waals surface area (Å²) in [5, 5.41) is 4.27. The number of hydrogen-bond donors (Lipinski definition) is 1. The van der Waals surface area contributed by atoms with Gasteiger partial charge in [-0.3, -0.25) is 4.98 Å². The molecule has 1 aromatic heterocycles. The van der Waals surface area contributed by atoms with Crippen molar-refractivity contribution >= 4 is 10.9 Å². The Morgan fingerprint density at radius 1 is 1.00 bits per heavy atom. The first-order chi connectivity index (χ1) is 10.2. The predicted octanol–water partition coefficient (Wildman–Crippen LogP) is 3.99. The third kappa shape index (κ3) is 2.52. The van der Waals surface area contributed by atoms with Crippen LogP contribution in [-0.2, 0) is 0 Å². The maximum absolute atomic E-state index is 14.2. The van der Waals surface area contributed by atoms with Crippen LogP contribution in [0.2, 0.25) is 0 Å². The minimum absolute atomic E-state index is 0.196. The van der Waals surface area contributed by atoms with Crippen LogP contribution in [0.5, 0.6) is 0 Å². The van der Waals surface area contributed by atoms with Crippen LogP contribution in [0.1, 0.15) is 22.9 Å². The fourth-order valence-electron chi connectivity index (χ4n) is 2.77. The molecule has 2 aromatic carbocycles. The summed E-state index contributed by atoms with van der Waals surface area (Å²) in [5.74, 6) is -0.199. The number of halogens is 1. The first-order valence-electron chi connectivity index (χ1n) is 6.98. The van der Waals surface area contributed by atoms with E-state index in [-0.39, 0.29) is 11.9 Å². The van der Waals surface area contributed by atoms with Crippen LogP contribution >= 0.6 is 0 Å². The van der Waals surface area contributed by atoms with Crippen molar-refractivity contribution in [2.75, 3.05) is 7.05 Å². The second kappa shape index (κ2) is 5.62. The molecule has 3 rings (SSSR count). The lowest BCUT2D eigenvalue weighted by Gasteiger charge is -2.20. The van der Waals surface area contributed by atoms with Gasteiger partial charge in [-0.05, 0) is 37.7 Å². The van der Waals surface area contributed by atoms with E-state index < -0.39 is 0 Å². The van der Waals surface area contributed by atoms with Gasteiger partial charge in [0.25, 0.3) is 0 Å². The monoisotopic (exact) mass is 280 g/mol. The minimum Gasteiger partial charge on any atom is -0.309 e. The molecule has 0 amide bonds. The first-order valence-corrected chi connectivity index (χ1v) is 6.98. The number of rotatable bonds is 3. The lowest BCUT2D eigenvalue weighted by Crippen LogP contribution is -2.19. The average molecular weight is 280 g/mol. The SMILES string of the molecule is CNC(c1ccccc1F)c1cc(C)nc2ccccc12. The normalized spacial score (nSPS) is 12.5. The molecule has 0 bridgehead atoms. The van der Waals surface area contributed by atoms with Crippen molar-refractivity contribution in [3.05, 3.63) is 77.2 Å². The third-order valence-corrected chi connectivity index (χ3v) is 3.69. The molecular weight excluding hydrogens is 263 g/mol. The Morgan fingerprint density at radius 2 is 1.71 bits per heavy atom. The Hall–Kier alpha value is -2.26. The zero-order chi connectivity index (χ0) is 14.8. The minimum atomic E-state index is -0.199. The van der Waals surface area contributed by atoms with Crippen molar-refractivity contribution in [2.45, 2.75) is 13.0 Å². The summed E-state index contributed by atoms with van der Waals surface area (Å²) in [7, 11) is 1.85. The molecule has 0 aliphatic carbocycles. The fraction of sp³-hybridized carbons (Fsp3) is 0.167. The molecule has 3 aromatic rings. The van der Waals surface area contributed by atoms with Gasteiger partial charge in [0.15, 0.2) is 0 Å². The molecule has 0 radical (unpaired) electrons. The van der Waals surface area contributed by atoms with Crippen molar-refractivity contribution in [3.63, 3.8) is 0 Å². The number of nitrogens with one attached hydrogen (secondary N) is 1. The number of nitrogens with zero attached hydrogens (tertiary/aromatic N) is 1. The number of pyridine rings is 1. The summed E-state index contributed by atoms with van der Waals surface area (Å²) in [5.41, 5.74) is 3.56. The topological polar surface area (TPSA) is 24.9 Å². The van der Waals surface area contributed by atoms with Crippen LogP contribution in [0.3, 0.4) is 0 Å². The molecule has 0 aliphatic rings. The molecule has 0 fully saturated rings. The van der Waals surface area contributed by atoms with E-state index in [1.807, 2.05) is 56.4 Å². The highest BCUT2D eigenvalue weighted by Crippen LogP contribution is 2.30. The molecule has 106 valence electrons. The van der Waals surface area contributed by atoms with E-state index in [4.69, 9.17) is 0 Å². The molecule has 0 saturated heterocycles. The predicted molar refractivity (Wildman–Crippen MR) is 83.8 cm³/mol. The number of aromatic nitrogens is 1. The van der Waals surface area contributed by atoms with Crippen LogP contribution < -0.4 is 5.32 Å². The van der Waals surface area contributed by atoms with Gasteiger partial charge in [0.2, 0.25) is 0 Å². The van der Waals surface area contributed by atoms with Crippen molar-refractivity contribution in [2.24, 2.45) is 0 Å². The Balaban J connectivity index is 2.24. The number of para-hydroxylation sites is 1. The molecule has 0 spiro atoms. The maximum atomic E-state index is 14.2. The summed E-state index contributed by atoms with van der Waals surface area (Å²) >= 11 is 0. The van der Waals surface area contributed by atoms with E-state index in [2.05, 4.69) is 10.3 Å². The van der Waals surface area contributed by atoms with Crippen molar-refractivity contribution in [3.8, 4) is 0 Å². The second-order valence-corrected chi connectivity index (χ2v) is 5.11. The van der Waals surface area contributed by atoms with Crippen LogP contribution in [0.4, 0.5) is 4.39 Å². The summed E-state index contributed by atoms with van der Waals surface area (Å²) in [4.78, 5) is 4.55. The molecule has 1 heterocycles. The van der Waals surface area contributed by atoms with Gasteiger partial charge in [-0.2, -0.15) is 0 Å². The molecule has 2 nitrogen and oxygen atoms in total. The summed E-state index contributed by atoms with van der Waals surface area (Å²) in [6, 6.07) is 16.7. The molecular formula is C18H17FN2. The number of hydrogen-bond acceptors (Lipinski definition) is 2. The standard InChI is InChI=1S/C18H17FN2/c1-12-11-15(13-7-4-6-10-17(13)21-12)18(20-2)14-8-3-5-9-16(14)19/h3-11,18,20H,1-2H3. The lowest BCUT2D eigenvalue weighted by atomic mass is 9.94. The van der Waals surface area contributed by atoms with E-state index in [1.165, 1.54) is 6.07 Å². The molecule has 3 heteroatoms. The van der Waals surface area contributed by atoms with E-state index in [1.54, 1.807) is 6.07 Å². The number of benzene rings is 2. The highest BCUT2D eigenvalue weighted by atomic mass is 19.1. The molecule has 0 saturated carbocycles. The van der Waals surface area contributed by atoms with E-state index >= 15 is 0 Å². The largest absolute Gasteiger partial charge is 0.309 e. The van der Waals surface area contributed by atoms with Gasteiger partial charge in [0, 0.05) is 16.6 Å². The highest BCUT2D eigenvalue weighted by Gasteiger charge is 2.18. The first kappa shape index (κ1) is 13.7. The van der Waals surface area contributed by atoms with Gasteiger partial charge in [0.05, 0.1) is 11.6 Å². The maximum Gasteiger partial charge on any atom is 0.128 e. The van der Waals surface area contributed by atoms with Crippen molar-refractivity contribution in [1.82, 2.24) is 10.3 Å². The van der Waals surface area contributed by atoms with Crippen LogP contribution in [0.15, 0.2) is 54.6 Å². The quantitative estimate of drug-likeness (QED) is 0.784. The van der Waals surface area contributed by atoms with Gasteiger partial charge in [0.1, 0.15) is 5.82 Å². The van der Waals surface area contributed by atoms with E-state index in [9.17, 15) is 4.39 Å². The van der Waals surface area contributed by atoms with Gasteiger partial charge in [-0.15, -0.1) is 0 Å². The Labute approximate surface area is 123 Å². The van der Waals surface area contributed by atoms with Crippen LogP contribution in [0.25, 0.3) is 10.9 Å². The molecule has 0 aliphatic heterocycles. The van der Waals surface area contributed by atoms with Gasteiger partial charge >= 0.3 is 0 Å². The number of aryl methyl sites for hydroxylation is 1. The fourth-order valence-corrected chi connectivity index (χ4v) is 2.77. The smallest absolute Gasteiger partial charge is 0.128 e. The molecule has 21 heavy (non-hydrogen) atoms. The Morgan fingerprint density at radius 3 is 2.48 bits per heavy atom. The van der Waals surface area contributed by atoms with Gasteiger partial charge in [-0.25, -0.2) is 4.39 Å². The summed E-state index contributed by atoms with van der Waals surface area (Å²) in [6.45, 7) is 1.96. The third-order valence-electron chi connectivity index (χ3n) is 3.69. The van der Waals surface area contributed by atoms with Gasteiger partial charge in [-0.1, -0.05) is 36.4 Å². The molecule has 1 N–H and O–H groups in total. The molecule has 1 atom stereocenters. The van der Waals surface area contributed by atoms with Crippen LogP contribution in [0, 0.1) is 12.7 Å². The molecule has 1 unspecified atom stereocenters. The summed E-state index contributed by atoms with van der Waals surface area (Å²) < 4.78 is 14.2. The second-order valence-electron chi connectivity index (χ2n) is 5.11. The Bertz CT molecular complexity index is 783. The number of fused-ring (bicyclic) bond motifs is 1.